The van der Waals surface area contributed by atoms with Gasteiger partial charge in [0.2, 0.25) is 5.91 Å². The third-order valence-electron chi connectivity index (χ3n) is 3.21. The highest BCUT2D eigenvalue weighted by Crippen LogP contribution is 1.93. The Morgan fingerprint density at radius 1 is 1.24 bits per heavy atom. The molecular weight excluding hydrogens is 272 g/mol. The van der Waals surface area contributed by atoms with E-state index >= 15 is 0 Å². The predicted molar refractivity (Wildman–Crippen MR) is 83.3 cm³/mol. The fourth-order valence-electron chi connectivity index (χ4n) is 1.63. The summed E-state index contributed by atoms with van der Waals surface area (Å²) in [7, 11) is 1.76. The normalized spacial score (nSPS) is 14.0. The van der Waals surface area contributed by atoms with Crippen LogP contribution in [0.3, 0.4) is 0 Å². The molecular formula is C15H32N2O4. The van der Waals surface area contributed by atoms with Crippen LogP contribution < -0.4 is 5.32 Å². The van der Waals surface area contributed by atoms with Crippen LogP contribution in [0.25, 0.3) is 0 Å². The molecule has 6 nitrogen and oxygen atoms in total. The number of unbranched alkanes of at least 4 members (excludes halogenated alkanes) is 1. The molecule has 0 saturated heterocycles. The van der Waals surface area contributed by atoms with E-state index in [9.17, 15) is 9.90 Å². The second-order valence-electron chi connectivity index (χ2n) is 5.18. The topological polar surface area (TPSA) is 71.0 Å². The Hall–Kier alpha value is -0.690. The minimum absolute atomic E-state index is 0.0231. The number of nitrogens with one attached hydrogen (secondary N) is 1. The molecule has 0 aliphatic rings. The highest BCUT2D eigenvalue weighted by molar-refractivity contribution is 5.81. The lowest BCUT2D eigenvalue weighted by Gasteiger charge is -2.21. The van der Waals surface area contributed by atoms with Crippen molar-refractivity contribution in [3.05, 3.63) is 0 Å². The lowest BCUT2D eigenvalue weighted by atomic mass is 10.2. The van der Waals surface area contributed by atoms with Gasteiger partial charge in [-0.2, -0.15) is 0 Å². The number of rotatable bonds is 13. The summed E-state index contributed by atoms with van der Waals surface area (Å²) < 4.78 is 10.7. The van der Waals surface area contributed by atoms with Crippen molar-refractivity contribution in [1.29, 1.82) is 0 Å². The van der Waals surface area contributed by atoms with Crippen molar-refractivity contribution in [3.8, 4) is 0 Å². The van der Waals surface area contributed by atoms with Gasteiger partial charge in [0, 0.05) is 26.7 Å². The van der Waals surface area contributed by atoms with E-state index in [4.69, 9.17) is 9.47 Å². The summed E-state index contributed by atoms with van der Waals surface area (Å²) in [5.74, 6) is 0.0231. The van der Waals surface area contributed by atoms with Crippen LogP contribution in [-0.2, 0) is 14.3 Å². The van der Waals surface area contributed by atoms with Crippen LogP contribution in [0.1, 0.15) is 33.6 Å². The summed E-state index contributed by atoms with van der Waals surface area (Å²) in [6.07, 6.45) is 1.56. The third kappa shape index (κ3) is 10.6. The van der Waals surface area contributed by atoms with Gasteiger partial charge in [0.25, 0.3) is 0 Å². The van der Waals surface area contributed by atoms with E-state index in [1.54, 1.807) is 18.9 Å². The smallest absolute Gasteiger partial charge is 0.239 e. The van der Waals surface area contributed by atoms with Crippen LogP contribution in [-0.4, -0.2) is 74.6 Å². The summed E-state index contributed by atoms with van der Waals surface area (Å²) in [4.78, 5) is 13.5. The standard InChI is InChI=1S/C15H32N2O4/c1-5-7-8-20-9-10-21-12-14(18)11-16-13(3)15(19)17(4)6-2/h13-14,16,18H,5-12H2,1-4H3. The van der Waals surface area contributed by atoms with Crippen LogP contribution in [0.4, 0.5) is 0 Å². The number of carbonyl (C=O) groups is 1. The minimum atomic E-state index is -0.622. The fourth-order valence-corrected chi connectivity index (χ4v) is 1.63. The molecule has 21 heavy (non-hydrogen) atoms. The van der Waals surface area contributed by atoms with Crippen LogP contribution in [0.2, 0.25) is 0 Å². The Morgan fingerprint density at radius 3 is 2.52 bits per heavy atom. The van der Waals surface area contributed by atoms with Gasteiger partial charge in [-0.3, -0.25) is 4.79 Å². The number of hydrogen-bond donors (Lipinski definition) is 2. The van der Waals surface area contributed by atoms with Crippen LogP contribution >= 0.6 is 0 Å². The summed E-state index contributed by atoms with van der Waals surface area (Å²) >= 11 is 0. The Bertz CT molecular complexity index is 264. The number of likely N-dealkylation sites (N-methyl/N-ethyl adjacent to an activating group) is 1. The maximum Gasteiger partial charge on any atom is 0.239 e. The first-order chi connectivity index (χ1) is 10.0. The Labute approximate surface area is 128 Å². The zero-order chi connectivity index (χ0) is 16.1. The highest BCUT2D eigenvalue weighted by atomic mass is 16.5. The number of nitrogens with zero attached hydrogens (tertiary/aromatic N) is 1. The number of aliphatic hydroxyl groups is 1. The van der Waals surface area contributed by atoms with E-state index in [2.05, 4.69) is 12.2 Å². The molecule has 2 atom stereocenters. The largest absolute Gasteiger partial charge is 0.389 e. The molecule has 0 aliphatic carbocycles. The molecule has 0 aromatic carbocycles. The monoisotopic (exact) mass is 304 g/mol. The lowest BCUT2D eigenvalue weighted by Crippen LogP contribution is -2.46. The molecule has 0 aromatic heterocycles. The quantitative estimate of drug-likeness (QED) is 0.489. The first-order valence-corrected chi connectivity index (χ1v) is 7.84. The van der Waals surface area contributed by atoms with Gasteiger partial charge in [-0.1, -0.05) is 13.3 Å². The number of amides is 1. The zero-order valence-corrected chi connectivity index (χ0v) is 13.9. The average molecular weight is 304 g/mol. The molecule has 0 aliphatic heterocycles. The van der Waals surface area contributed by atoms with Crippen LogP contribution in [0, 0.1) is 0 Å². The van der Waals surface area contributed by atoms with Crippen molar-refractivity contribution in [2.45, 2.75) is 45.8 Å². The van der Waals surface area contributed by atoms with Gasteiger partial charge in [-0.25, -0.2) is 0 Å². The van der Waals surface area contributed by atoms with Gasteiger partial charge in [0.1, 0.15) is 0 Å². The second-order valence-corrected chi connectivity index (χ2v) is 5.18. The third-order valence-corrected chi connectivity index (χ3v) is 3.21. The Balaban J connectivity index is 3.57. The van der Waals surface area contributed by atoms with Gasteiger partial charge in [0.15, 0.2) is 0 Å². The van der Waals surface area contributed by atoms with Crippen LogP contribution in [0.5, 0.6) is 0 Å². The molecule has 0 bridgehead atoms. The Kier molecular flexibility index (Phi) is 12.6. The first-order valence-electron chi connectivity index (χ1n) is 7.84. The number of ether oxygens (including phenoxy) is 2. The van der Waals surface area contributed by atoms with Gasteiger partial charge in [0.05, 0.1) is 32.0 Å². The predicted octanol–water partition coefficient (Wildman–Crippen LogP) is 0.637. The molecule has 1 amide bonds. The maximum atomic E-state index is 11.8. The molecule has 2 N–H and O–H groups in total. The zero-order valence-electron chi connectivity index (χ0n) is 13.9. The SMILES string of the molecule is CCCCOCCOCC(O)CNC(C)C(=O)N(C)CC. The van der Waals surface area contributed by atoms with Gasteiger partial charge >= 0.3 is 0 Å². The molecule has 0 aromatic rings. The Morgan fingerprint density at radius 2 is 1.90 bits per heavy atom. The van der Waals surface area contributed by atoms with Crippen molar-refractivity contribution >= 4 is 5.91 Å². The van der Waals surface area contributed by atoms with Gasteiger partial charge in [-0.15, -0.1) is 0 Å². The average Bonchev–Trinajstić information content (AvgIpc) is 2.50. The molecule has 0 spiro atoms. The van der Waals surface area contributed by atoms with E-state index in [1.807, 2.05) is 6.92 Å². The van der Waals surface area contributed by atoms with Gasteiger partial charge in [-0.05, 0) is 20.3 Å². The van der Waals surface area contributed by atoms with E-state index in [-0.39, 0.29) is 18.6 Å². The van der Waals surface area contributed by atoms with E-state index in [1.165, 1.54) is 0 Å². The molecule has 126 valence electrons. The number of hydrogen-bond acceptors (Lipinski definition) is 5. The summed E-state index contributed by atoms with van der Waals surface area (Å²) in [6.45, 7) is 8.88. The van der Waals surface area contributed by atoms with E-state index in [0.29, 0.717) is 26.3 Å². The van der Waals surface area contributed by atoms with Crippen molar-refractivity contribution in [1.82, 2.24) is 10.2 Å². The first kappa shape index (κ1) is 20.3. The summed E-state index contributed by atoms with van der Waals surface area (Å²) in [6, 6.07) is -0.304. The number of aliphatic hydroxyl groups excluding tert-OH is 1. The van der Waals surface area contributed by atoms with Crippen molar-refractivity contribution < 1.29 is 19.4 Å². The minimum Gasteiger partial charge on any atom is -0.389 e. The molecule has 0 heterocycles. The maximum absolute atomic E-state index is 11.8. The van der Waals surface area contributed by atoms with Crippen molar-refractivity contribution in [3.63, 3.8) is 0 Å². The molecule has 6 heteroatoms. The van der Waals surface area contributed by atoms with E-state index < -0.39 is 6.10 Å². The van der Waals surface area contributed by atoms with Crippen molar-refractivity contribution in [2.75, 3.05) is 46.6 Å². The highest BCUT2D eigenvalue weighted by Gasteiger charge is 2.16. The van der Waals surface area contributed by atoms with Crippen molar-refractivity contribution in [2.24, 2.45) is 0 Å². The molecule has 0 radical (unpaired) electrons. The fraction of sp³-hybridized carbons (Fsp3) is 0.933. The molecule has 0 saturated carbocycles. The van der Waals surface area contributed by atoms with Gasteiger partial charge < -0.3 is 24.8 Å². The summed E-state index contributed by atoms with van der Waals surface area (Å²) in [5, 5.41) is 12.8. The van der Waals surface area contributed by atoms with E-state index in [0.717, 1.165) is 19.4 Å². The molecule has 0 fully saturated rings. The second kappa shape index (κ2) is 13.0. The lowest BCUT2D eigenvalue weighted by molar-refractivity contribution is -0.131. The summed E-state index contributed by atoms with van der Waals surface area (Å²) in [5.41, 5.74) is 0. The molecule has 0 rings (SSSR count). The molecule has 2 unspecified atom stereocenters. The van der Waals surface area contributed by atoms with Crippen LogP contribution in [0.15, 0.2) is 0 Å². The number of carbonyl (C=O) groups excluding carboxylic acids is 1.